The number of nitrogens with one attached hydrogen (secondary N) is 1. The topological polar surface area (TPSA) is 37.8 Å². The van der Waals surface area contributed by atoms with Crippen molar-refractivity contribution in [1.29, 1.82) is 0 Å². The highest BCUT2D eigenvalue weighted by Gasteiger charge is 2.10. The first-order chi connectivity index (χ1) is 8.70. The van der Waals surface area contributed by atoms with Crippen molar-refractivity contribution in [3.8, 4) is 10.6 Å². The van der Waals surface area contributed by atoms with Crippen LogP contribution in [0.2, 0.25) is 0 Å². The summed E-state index contributed by atoms with van der Waals surface area (Å²) in [5.41, 5.74) is 0.941. The van der Waals surface area contributed by atoms with Crippen molar-refractivity contribution in [2.45, 2.75) is 19.9 Å². The minimum Gasteiger partial charge on any atom is -0.310 e. The predicted molar refractivity (Wildman–Crippen MR) is 80.0 cm³/mol. The molecule has 0 saturated heterocycles. The van der Waals surface area contributed by atoms with E-state index >= 15 is 0 Å². The molecule has 1 aromatic heterocycles. The average Bonchev–Trinajstić information content (AvgIpc) is 2.78. The molecular weight excluding hydrogens is 364 g/mol. The monoisotopic (exact) mass is 377 g/mol. The van der Waals surface area contributed by atoms with Gasteiger partial charge >= 0.3 is 0 Å². The second kappa shape index (κ2) is 6.53. The summed E-state index contributed by atoms with van der Waals surface area (Å²) in [5, 5.41) is 13.4. The van der Waals surface area contributed by atoms with Crippen molar-refractivity contribution < 1.29 is 4.39 Å². The molecule has 0 aliphatic carbocycles. The smallest absolute Gasteiger partial charge is 0.148 e. The lowest BCUT2D eigenvalue weighted by Gasteiger charge is -1.99. The number of benzene rings is 1. The van der Waals surface area contributed by atoms with Gasteiger partial charge < -0.3 is 5.32 Å². The zero-order valence-electron chi connectivity index (χ0n) is 9.91. The highest BCUT2D eigenvalue weighted by Crippen LogP contribution is 2.28. The molecule has 1 aromatic carbocycles. The van der Waals surface area contributed by atoms with Gasteiger partial charge in [-0.2, -0.15) is 0 Å². The Hall–Kier alpha value is -0.600. The SMILES string of the molecule is CCCNCc1nnc(-c2ccc(F)cc2I)s1. The Kier molecular flexibility index (Phi) is 5.02. The molecule has 0 spiro atoms. The molecule has 1 N–H and O–H groups in total. The van der Waals surface area contributed by atoms with E-state index in [1.54, 1.807) is 17.4 Å². The van der Waals surface area contributed by atoms with Crippen LogP contribution in [-0.2, 0) is 6.54 Å². The largest absolute Gasteiger partial charge is 0.310 e. The number of aromatic nitrogens is 2. The summed E-state index contributed by atoms with van der Waals surface area (Å²) >= 11 is 3.66. The van der Waals surface area contributed by atoms with Gasteiger partial charge in [-0.25, -0.2) is 4.39 Å². The molecule has 96 valence electrons. The van der Waals surface area contributed by atoms with E-state index in [0.29, 0.717) is 0 Å². The number of nitrogens with zero attached hydrogens (tertiary/aromatic N) is 2. The van der Waals surface area contributed by atoms with Crippen LogP contribution in [0.15, 0.2) is 18.2 Å². The molecule has 0 amide bonds. The summed E-state index contributed by atoms with van der Waals surface area (Å²) in [5.74, 6) is -0.225. The lowest BCUT2D eigenvalue weighted by atomic mass is 10.2. The van der Waals surface area contributed by atoms with E-state index in [1.807, 2.05) is 0 Å². The van der Waals surface area contributed by atoms with Gasteiger partial charge in [0.25, 0.3) is 0 Å². The molecule has 0 unspecified atom stereocenters. The first kappa shape index (κ1) is 13.8. The zero-order valence-corrected chi connectivity index (χ0v) is 12.9. The fraction of sp³-hybridized carbons (Fsp3) is 0.333. The van der Waals surface area contributed by atoms with Crippen LogP contribution in [0.25, 0.3) is 10.6 Å². The minimum atomic E-state index is -0.225. The molecule has 0 fully saturated rings. The Morgan fingerprint density at radius 3 is 2.94 bits per heavy atom. The van der Waals surface area contributed by atoms with Gasteiger partial charge in [-0.05, 0) is 53.8 Å². The standard InChI is InChI=1S/C12H13FIN3S/c1-2-5-15-7-11-16-17-12(18-11)9-4-3-8(13)6-10(9)14/h3-4,6,15H,2,5,7H2,1H3. The third-order valence-corrected chi connectivity index (χ3v) is 4.18. The second-order valence-corrected chi connectivity index (χ2v) is 6.03. The zero-order chi connectivity index (χ0) is 13.0. The van der Waals surface area contributed by atoms with E-state index in [2.05, 4.69) is 45.0 Å². The van der Waals surface area contributed by atoms with Crippen molar-refractivity contribution in [3.63, 3.8) is 0 Å². The van der Waals surface area contributed by atoms with Crippen LogP contribution in [0.1, 0.15) is 18.4 Å². The van der Waals surface area contributed by atoms with Crippen LogP contribution < -0.4 is 5.32 Å². The molecule has 0 atom stereocenters. The van der Waals surface area contributed by atoms with E-state index in [4.69, 9.17) is 0 Å². The summed E-state index contributed by atoms with van der Waals surface area (Å²) in [7, 11) is 0. The Morgan fingerprint density at radius 1 is 1.39 bits per heavy atom. The van der Waals surface area contributed by atoms with Gasteiger partial charge in [0.1, 0.15) is 15.8 Å². The molecule has 18 heavy (non-hydrogen) atoms. The minimum absolute atomic E-state index is 0.225. The fourth-order valence-corrected chi connectivity index (χ4v) is 3.23. The van der Waals surface area contributed by atoms with E-state index in [-0.39, 0.29) is 5.82 Å². The normalized spacial score (nSPS) is 10.8. The van der Waals surface area contributed by atoms with Crippen LogP contribution in [0.4, 0.5) is 4.39 Å². The molecule has 0 aliphatic rings. The van der Waals surface area contributed by atoms with Crippen molar-refractivity contribution >= 4 is 33.9 Å². The summed E-state index contributed by atoms with van der Waals surface area (Å²) in [4.78, 5) is 0. The number of halogens is 2. The number of hydrogen-bond acceptors (Lipinski definition) is 4. The van der Waals surface area contributed by atoms with E-state index in [0.717, 1.165) is 38.7 Å². The van der Waals surface area contributed by atoms with Crippen molar-refractivity contribution in [3.05, 3.63) is 32.6 Å². The van der Waals surface area contributed by atoms with Crippen LogP contribution in [0.5, 0.6) is 0 Å². The maximum absolute atomic E-state index is 13.0. The van der Waals surface area contributed by atoms with Gasteiger partial charge in [-0.15, -0.1) is 10.2 Å². The highest BCUT2D eigenvalue weighted by molar-refractivity contribution is 14.1. The summed E-state index contributed by atoms with van der Waals surface area (Å²) in [6.07, 6.45) is 1.10. The van der Waals surface area contributed by atoms with E-state index in [1.165, 1.54) is 12.1 Å². The van der Waals surface area contributed by atoms with Gasteiger partial charge in [0.15, 0.2) is 0 Å². The van der Waals surface area contributed by atoms with E-state index in [9.17, 15) is 4.39 Å². The summed E-state index contributed by atoms with van der Waals surface area (Å²) in [6, 6.07) is 4.71. The molecule has 2 aromatic rings. The quantitative estimate of drug-likeness (QED) is 0.641. The Labute approximate surface area is 123 Å². The molecule has 0 saturated carbocycles. The predicted octanol–water partition coefficient (Wildman–Crippen LogP) is 3.45. The molecular formula is C12H13FIN3S. The van der Waals surface area contributed by atoms with Gasteiger partial charge in [0.2, 0.25) is 0 Å². The highest BCUT2D eigenvalue weighted by atomic mass is 127. The Balaban J connectivity index is 2.13. The molecule has 3 nitrogen and oxygen atoms in total. The van der Waals surface area contributed by atoms with Crippen LogP contribution in [0, 0.1) is 9.39 Å². The Bertz CT molecular complexity index is 530. The number of rotatable bonds is 5. The van der Waals surface area contributed by atoms with Gasteiger partial charge in [0.05, 0.1) is 0 Å². The average molecular weight is 377 g/mol. The molecule has 0 bridgehead atoms. The molecule has 0 aliphatic heterocycles. The summed E-state index contributed by atoms with van der Waals surface area (Å²) < 4.78 is 13.9. The van der Waals surface area contributed by atoms with Crippen molar-refractivity contribution in [2.75, 3.05) is 6.54 Å². The molecule has 6 heteroatoms. The molecule has 2 rings (SSSR count). The van der Waals surface area contributed by atoms with Gasteiger partial charge in [-0.3, -0.25) is 0 Å². The van der Waals surface area contributed by atoms with Gasteiger partial charge in [0, 0.05) is 15.7 Å². The Morgan fingerprint density at radius 2 is 2.22 bits per heavy atom. The van der Waals surface area contributed by atoms with Crippen LogP contribution in [-0.4, -0.2) is 16.7 Å². The van der Waals surface area contributed by atoms with Crippen LogP contribution >= 0.6 is 33.9 Å². The first-order valence-electron chi connectivity index (χ1n) is 5.69. The molecule has 1 heterocycles. The maximum atomic E-state index is 13.0. The fourth-order valence-electron chi connectivity index (χ4n) is 1.47. The second-order valence-electron chi connectivity index (χ2n) is 3.80. The van der Waals surface area contributed by atoms with E-state index < -0.39 is 0 Å². The molecule has 0 radical (unpaired) electrons. The summed E-state index contributed by atoms with van der Waals surface area (Å²) in [6.45, 7) is 3.84. The lowest BCUT2D eigenvalue weighted by Crippen LogP contribution is -2.13. The number of hydrogen-bond donors (Lipinski definition) is 1. The van der Waals surface area contributed by atoms with Crippen LogP contribution in [0.3, 0.4) is 0 Å². The van der Waals surface area contributed by atoms with Crippen molar-refractivity contribution in [1.82, 2.24) is 15.5 Å². The van der Waals surface area contributed by atoms with Gasteiger partial charge in [-0.1, -0.05) is 18.3 Å². The first-order valence-corrected chi connectivity index (χ1v) is 7.58. The third-order valence-electron chi connectivity index (χ3n) is 2.33. The maximum Gasteiger partial charge on any atom is 0.148 e. The lowest BCUT2D eigenvalue weighted by molar-refractivity contribution is 0.627. The third kappa shape index (κ3) is 3.46. The van der Waals surface area contributed by atoms with Crippen molar-refractivity contribution in [2.24, 2.45) is 0 Å².